The van der Waals surface area contributed by atoms with Crippen LogP contribution in [0, 0.1) is 6.92 Å². The van der Waals surface area contributed by atoms with E-state index in [1.165, 1.54) is 16.9 Å². The van der Waals surface area contributed by atoms with E-state index in [4.69, 9.17) is 0 Å². The highest BCUT2D eigenvalue weighted by molar-refractivity contribution is 7.13. The first-order valence-electron chi connectivity index (χ1n) is 4.70. The second-order valence-corrected chi connectivity index (χ2v) is 4.31. The van der Waals surface area contributed by atoms with Crippen molar-refractivity contribution >= 4 is 17.1 Å². The first-order valence-corrected chi connectivity index (χ1v) is 5.58. The normalized spacial score (nSPS) is 10.3. The molecule has 0 aliphatic carbocycles. The maximum Gasteiger partial charge on any atom is 0.179 e. The topological polar surface area (TPSA) is 30.0 Å². The molecule has 0 aliphatic heterocycles. The second-order valence-electron chi connectivity index (χ2n) is 3.45. The Morgan fingerprint density at radius 3 is 2.53 bits per heavy atom. The predicted molar refractivity (Wildman–Crippen MR) is 62.3 cm³/mol. The van der Waals surface area contributed by atoms with Crippen molar-refractivity contribution in [3.05, 3.63) is 41.0 Å². The Kier molecular flexibility index (Phi) is 2.64. The van der Waals surface area contributed by atoms with E-state index in [1.807, 2.05) is 31.2 Å². The van der Waals surface area contributed by atoms with E-state index in [1.54, 1.807) is 12.4 Å². The van der Waals surface area contributed by atoms with Crippen molar-refractivity contribution in [3.8, 4) is 10.4 Å². The zero-order valence-corrected chi connectivity index (χ0v) is 9.47. The molecule has 0 spiro atoms. The Labute approximate surface area is 92.6 Å². The van der Waals surface area contributed by atoms with Gasteiger partial charge in [-0.1, -0.05) is 29.8 Å². The summed E-state index contributed by atoms with van der Waals surface area (Å²) in [6, 6.07) is 8.13. The van der Waals surface area contributed by atoms with E-state index < -0.39 is 0 Å². The van der Waals surface area contributed by atoms with Crippen LogP contribution >= 0.6 is 11.3 Å². The Morgan fingerprint density at radius 1 is 1.27 bits per heavy atom. The number of hydrogen-bond donors (Lipinski definition) is 0. The fraction of sp³-hybridized carbons (Fsp3) is 0.167. The molecule has 2 nitrogen and oxygen atoms in total. The van der Waals surface area contributed by atoms with Crippen molar-refractivity contribution in [1.82, 2.24) is 4.98 Å². The van der Waals surface area contributed by atoms with Gasteiger partial charge in [0.1, 0.15) is 5.69 Å². The van der Waals surface area contributed by atoms with Crippen LogP contribution < -0.4 is 0 Å². The summed E-state index contributed by atoms with van der Waals surface area (Å²) in [6.07, 6.45) is 0. The summed E-state index contributed by atoms with van der Waals surface area (Å²) < 4.78 is 0. The van der Waals surface area contributed by atoms with Crippen LogP contribution in [0.1, 0.15) is 23.0 Å². The SMILES string of the molecule is CC(=O)c1ncsc1-c1ccc(C)cc1. The molecule has 0 aliphatic rings. The van der Waals surface area contributed by atoms with Gasteiger partial charge in [-0.05, 0) is 12.5 Å². The molecule has 0 atom stereocenters. The summed E-state index contributed by atoms with van der Waals surface area (Å²) in [5.41, 5.74) is 4.57. The number of benzene rings is 1. The van der Waals surface area contributed by atoms with Crippen molar-refractivity contribution in [2.45, 2.75) is 13.8 Å². The van der Waals surface area contributed by atoms with Crippen LogP contribution in [0.25, 0.3) is 10.4 Å². The average Bonchev–Trinajstić information content (AvgIpc) is 2.67. The maximum absolute atomic E-state index is 11.3. The quantitative estimate of drug-likeness (QED) is 0.722. The summed E-state index contributed by atoms with van der Waals surface area (Å²) in [5, 5.41) is 0. The molecule has 0 amide bonds. The molecule has 76 valence electrons. The van der Waals surface area contributed by atoms with Gasteiger partial charge in [-0.15, -0.1) is 11.3 Å². The molecule has 3 heteroatoms. The summed E-state index contributed by atoms with van der Waals surface area (Å²) >= 11 is 1.50. The Balaban J connectivity index is 2.49. The smallest absolute Gasteiger partial charge is 0.179 e. The van der Waals surface area contributed by atoms with E-state index in [9.17, 15) is 4.79 Å². The Morgan fingerprint density at radius 2 is 1.93 bits per heavy atom. The van der Waals surface area contributed by atoms with Gasteiger partial charge >= 0.3 is 0 Å². The summed E-state index contributed by atoms with van der Waals surface area (Å²) in [4.78, 5) is 16.4. The van der Waals surface area contributed by atoms with Crippen molar-refractivity contribution in [1.29, 1.82) is 0 Å². The van der Waals surface area contributed by atoms with E-state index in [-0.39, 0.29) is 5.78 Å². The lowest BCUT2D eigenvalue weighted by atomic mass is 10.1. The molecule has 2 aromatic rings. The number of nitrogens with zero attached hydrogens (tertiary/aromatic N) is 1. The van der Waals surface area contributed by atoms with Crippen LogP contribution in [0.4, 0.5) is 0 Å². The molecule has 0 N–H and O–H groups in total. The molecular weight excluding hydrogens is 206 g/mol. The molecule has 0 saturated carbocycles. The molecule has 0 bridgehead atoms. The molecular formula is C12H11NOS. The molecule has 0 radical (unpaired) electrons. The molecule has 0 fully saturated rings. The minimum atomic E-state index is 0.0202. The van der Waals surface area contributed by atoms with Crippen LogP contribution in [0.2, 0.25) is 0 Å². The fourth-order valence-electron chi connectivity index (χ4n) is 1.41. The third kappa shape index (κ3) is 1.97. The number of rotatable bonds is 2. The van der Waals surface area contributed by atoms with E-state index >= 15 is 0 Å². The molecule has 0 saturated heterocycles. The highest BCUT2D eigenvalue weighted by atomic mass is 32.1. The third-order valence-electron chi connectivity index (χ3n) is 2.21. The lowest BCUT2D eigenvalue weighted by Crippen LogP contribution is -1.94. The van der Waals surface area contributed by atoms with Crippen LogP contribution in [0.5, 0.6) is 0 Å². The lowest BCUT2D eigenvalue weighted by Gasteiger charge is -2.00. The second kappa shape index (κ2) is 3.95. The molecule has 1 heterocycles. The minimum Gasteiger partial charge on any atom is -0.293 e. The first-order chi connectivity index (χ1) is 7.18. The number of aromatic nitrogens is 1. The number of Topliss-reactive ketones (excluding diaryl/α,β-unsaturated/α-hetero) is 1. The van der Waals surface area contributed by atoms with Crippen molar-refractivity contribution < 1.29 is 4.79 Å². The number of thiazole rings is 1. The number of carbonyl (C=O) groups is 1. The van der Waals surface area contributed by atoms with Gasteiger partial charge in [0, 0.05) is 6.92 Å². The number of hydrogen-bond acceptors (Lipinski definition) is 3. The van der Waals surface area contributed by atoms with Gasteiger partial charge in [0.25, 0.3) is 0 Å². The van der Waals surface area contributed by atoms with Crippen LogP contribution in [0.15, 0.2) is 29.8 Å². The van der Waals surface area contributed by atoms with Crippen molar-refractivity contribution in [2.24, 2.45) is 0 Å². The lowest BCUT2D eigenvalue weighted by molar-refractivity contribution is 0.101. The maximum atomic E-state index is 11.3. The number of aryl methyl sites for hydroxylation is 1. The van der Waals surface area contributed by atoms with Gasteiger partial charge in [-0.2, -0.15) is 0 Å². The van der Waals surface area contributed by atoms with Gasteiger partial charge < -0.3 is 0 Å². The van der Waals surface area contributed by atoms with Crippen LogP contribution in [-0.4, -0.2) is 10.8 Å². The number of carbonyl (C=O) groups excluding carboxylic acids is 1. The van der Waals surface area contributed by atoms with Gasteiger partial charge in [-0.3, -0.25) is 4.79 Å². The van der Waals surface area contributed by atoms with E-state index in [0.29, 0.717) is 5.69 Å². The largest absolute Gasteiger partial charge is 0.293 e. The van der Waals surface area contributed by atoms with Gasteiger partial charge in [-0.25, -0.2) is 4.98 Å². The van der Waals surface area contributed by atoms with Crippen LogP contribution in [-0.2, 0) is 0 Å². The van der Waals surface area contributed by atoms with Gasteiger partial charge in [0.2, 0.25) is 0 Å². The summed E-state index contributed by atoms with van der Waals surface area (Å²) in [6.45, 7) is 3.59. The van der Waals surface area contributed by atoms with Crippen molar-refractivity contribution in [3.63, 3.8) is 0 Å². The minimum absolute atomic E-state index is 0.0202. The third-order valence-corrected chi connectivity index (χ3v) is 3.09. The predicted octanol–water partition coefficient (Wildman–Crippen LogP) is 3.32. The molecule has 15 heavy (non-hydrogen) atoms. The fourth-order valence-corrected chi connectivity index (χ4v) is 2.25. The first kappa shape index (κ1) is 10.1. The zero-order chi connectivity index (χ0) is 10.8. The average molecular weight is 217 g/mol. The van der Waals surface area contributed by atoms with E-state index in [2.05, 4.69) is 4.98 Å². The molecule has 0 unspecified atom stereocenters. The highest BCUT2D eigenvalue weighted by Gasteiger charge is 2.11. The van der Waals surface area contributed by atoms with Crippen molar-refractivity contribution in [2.75, 3.05) is 0 Å². The molecule has 2 rings (SSSR count). The Hall–Kier alpha value is -1.48. The zero-order valence-electron chi connectivity index (χ0n) is 8.65. The number of ketones is 1. The molecule has 1 aromatic heterocycles. The van der Waals surface area contributed by atoms with Crippen LogP contribution in [0.3, 0.4) is 0 Å². The summed E-state index contributed by atoms with van der Waals surface area (Å²) in [5.74, 6) is 0.0202. The Bertz CT molecular complexity index is 485. The standard InChI is InChI=1S/C12H11NOS/c1-8-3-5-10(6-4-8)12-11(9(2)14)13-7-15-12/h3-7H,1-2H3. The molecule has 1 aromatic carbocycles. The monoisotopic (exact) mass is 217 g/mol. The van der Waals surface area contributed by atoms with E-state index in [0.717, 1.165) is 10.4 Å². The highest BCUT2D eigenvalue weighted by Crippen LogP contribution is 2.27. The van der Waals surface area contributed by atoms with Gasteiger partial charge in [0.05, 0.1) is 10.4 Å². The summed E-state index contributed by atoms with van der Waals surface area (Å²) in [7, 11) is 0. The van der Waals surface area contributed by atoms with Gasteiger partial charge in [0.15, 0.2) is 5.78 Å².